The third-order valence-electron chi connectivity index (χ3n) is 2.18. The average Bonchev–Trinajstić information content (AvgIpc) is 2.26. The van der Waals surface area contributed by atoms with Gasteiger partial charge in [-0.25, -0.2) is 12.8 Å². The molecule has 0 aliphatic carbocycles. The standard InChI is InChI=1S/C10H10ClFN2O5S/c11-5-1-2-8(6(12)3-5)20(18,19)14-7(10(16)17)4-9(13)15/h1-3,7,14H,4H2,(H2,13,15)(H,16,17)/t7-/m1/s1. The van der Waals surface area contributed by atoms with Crippen molar-refractivity contribution >= 4 is 33.5 Å². The fourth-order valence-electron chi connectivity index (χ4n) is 1.32. The van der Waals surface area contributed by atoms with E-state index in [2.05, 4.69) is 0 Å². The van der Waals surface area contributed by atoms with Crippen LogP contribution in [0, 0.1) is 5.82 Å². The molecular formula is C10H10ClFN2O5S. The number of hydrogen-bond acceptors (Lipinski definition) is 4. The Morgan fingerprint density at radius 2 is 2.05 bits per heavy atom. The molecule has 1 atom stereocenters. The van der Waals surface area contributed by atoms with Gasteiger partial charge in [0.15, 0.2) is 0 Å². The first-order chi connectivity index (χ1) is 9.13. The van der Waals surface area contributed by atoms with Crippen LogP contribution in [0.25, 0.3) is 0 Å². The summed E-state index contributed by atoms with van der Waals surface area (Å²) in [6.07, 6.45) is -0.760. The number of carbonyl (C=O) groups is 2. The molecule has 110 valence electrons. The fourth-order valence-corrected chi connectivity index (χ4v) is 2.73. The van der Waals surface area contributed by atoms with Gasteiger partial charge in [0.2, 0.25) is 15.9 Å². The van der Waals surface area contributed by atoms with Crippen LogP contribution >= 0.6 is 11.6 Å². The lowest BCUT2D eigenvalue weighted by atomic mass is 10.2. The third kappa shape index (κ3) is 4.15. The van der Waals surface area contributed by atoms with Gasteiger partial charge < -0.3 is 10.8 Å². The molecule has 1 aromatic carbocycles. The molecule has 0 aliphatic rings. The molecule has 0 radical (unpaired) electrons. The van der Waals surface area contributed by atoms with Crippen LogP contribution in [0.15, 0.2) is 23.1 Å². The molecule has 0 saturated carbocycles. The van der Waals surface area contributed by atoms with Crippen molar-refractivity contribution < 1.29 is 27.5 Å². The van der Waals surface area contributed by atoms with Crippen molar-refractivity contribution in [2.24, 2.45) is 5.73 Å². The van der Waals surface area contributed by atoms with Gasteiger partial charge in [0.25, 0.3) is 0 Å². The minimum Gasteiger partial charge on any atom is -0.480 e. The lowest BCUT2D eigenvalue weighted by molar-refractivity contribution is -0.140. The maximum atomic E-state index is 13.5. The zero-order valence-corrected chi connectivity index (χ0v) is 11.4. The van der Waals surface area contributed by atoms with Crippen LogP contribution < -0.4 is 10.5 Å². The Kier molecular flexibility index (Phi) is 5.03. The molecule has 0 aliphatic heterocycles. The number of carboxylic acid groups (broad SMARTS) is 1. The molecule has 0 bridgehead atoms. The maximum absolute atomic E-state index is 13.5. The highest BCUT2D eigenvalue weighted by Crippen LogP contribution is 2.19. The number of carbonyl (C=O) groups excluding carboxylic acids is 1. The third-order valence-corrected chi connectivity index (χ3v) is 3.92. The van der Waals surface area contributed by atoms with E-state index in [1.54, 1.807) is 4.72 Å². The number of nitrogens with two attached hydrogens (primary N) is 1. The van der Waals surface area contributed by atoms with Gasteiger partial charge in [-0.1, -0.05) is 11.6 Å². The van der Waals surface area contributed by atoms with E-state index in [0.717, 1.165) is 18.2 Å². The fraction of sp³-hybridized carbons (Fsp3) is 0.200. The Morgan fingerprint density at radius 1 is 1.45 bits per heavy atom. The Labute approximate surface area is 118 Å². The molecule has 1 amide bonds. The van der Waals surface area contributed by atoms with Gasteiger partial charge in [-0.15, -0.1) is 0 Å². The number of hydrogen-bond donors (Lipinski definition) is 3. The molecule has 0 heterocycles. The minimum atomic E-state index is -4.47. The zero-order chi connectivity index (χ0) is 15.5. The molecule has 4 N–H and O–H groups in total. The molecule has 0 saturated heterocycles. The summed E-state index contributed by atoms with van der Waals surface area (Å²) in [5.74, 6) is -3.77. The largest absolute Gasteiger partial charge is 0.480 e. The van der Waals surface area contributed by atoms with E-state index in [4.69, 9.17) is 22.4 Å². The second kappa shape index (κ2) is 6.16. The monoisotopic (exact) mass is 324 g/mol. The Morgan fingerprint density at radius 3 is 2.50 bits per heavy atom. The van der Waals surface area contributed by atoms with Gasteiger partial charge in [0, 0.05) is 5.02 Å². The van der Waals surface area contributed by atoms with Crippen LogP contribution in [0.2, 0.25) is 5.02 Å². The summed E-state index contributed by atoms with van der Waals surface area (Å²) in [4.78, 5) is 20.7. The maximum Gasteiger partial charge on any atom is 0.322 e. The molecule has 10 heteroatoms. The lowest BCUT2D eigenvalue weighted by Gasteiger charge is -2.13. The van der Waals surface area contributed by atoms with Crippen molar-refractivity contribution in [3.8, 4) is 0 Å². The van der Waals surface area contributed by atoms with Crippen LogP contribution in [0.1, 0.15) is 6.42 Å². The molecule has 20 heavy (non-hydrogen) atoms. The summed E-state index contributed by atoms with van der Waals surface area (Å²) >= 11 is 5.48. The summed E-state index contributed by atoms with van der Waals surface area (Å²) in [7, 11) is -4.47. The highest BCUT2D eigenvalue weighted by atomic mass is 35.5. The van der Waals surface area contributed by atoms with Gasteiger partial charge in [0.1, 0.15) is 16.8 Å². The average molecular weight is 325 g/mol. The van der Waals surface area contributed by atoms with Crippen LogP contribution in [0.4, 0.5) is 4.39 Å². The number of halogens is 2. The van der Waals surface area contributed by atoms with Crippen molar-refractivity contribution in [2.45, 2.75) is 17.4 Å². The van der Waals surface area contributed by atoms with E-state index < -0.39 is 45.1 Å². The van der Waals surface area contributed by atoms with Crippen LogP contribution in [0.3, 0.4) is 0 Å². The highest BCUT2D eigenvalue weighted by molar-refractivity contribution is 7.89. The molecular weight excluding hydrogens is 315 g/mol. The van der Waals surface area contributed by atoms with Gasteiger partial charge in [-0.3, -0.25) is 9.59 Å². The predicted molar refractivity (Wildman–Crippen MR) is 67.0 cm³/mol. The normalized spacial score (nSPS) is 12.9. The van der Waals surface area contributed by atoms with E-state index >= 15 is 0 Å². The van der Waals surface area contributed by atoms with Crippen LogP contribution in [-0.4, -0.2) is 31.4 Å². The minimum absolute atomic E-state index is 0.0200. The van der Waals surface area contributed by atoms with Gasteiger partial charge in [-0.05, 0) is 18.2 Å². The molecule has 0 aromatic heterocycles. The lowest BCUT2D eigenvalue weighted by Crippen LogP contribution is -2.43. The first-order valence-corrected chi connectivity index (χ1v) is 6.98. The van der Waals surface area contributed by atoms with E-state index in [0.29, 0.717) is 0 Å². The number of aliphatic carboxylic acids is 1. The summed E-state index contributed by atoms with van der Waals surface area (Å²) in [6.45, 7) is 0. The second-order valence-electron chi connectivity index (χ2n) is 3.76. The Hall–Kier alpha value is -1.71. The van der Waals surface area contributed by atoms with Gasteiger partial charge in [0.05, 0.1) is 6.42 Å². The quantitative estimate of drug-likeness (QED) is 0.683. The molecule has 0 unspecified atom stereocenters. The molecule has 1 aromatic rings. The SMILES string of the molecule is NC(=O)C[C@@H](NS(=O)(=O)c1ccc(Cl)cc1F)C(=O)O. The molecule has 1 rings (SSSR count). The number of carboxylic acids is 1. The zero-order valence-electron chi connectivity index (χ0n) is 9.84. The predicted octanol–water partition coefficient (Wildman–Crippen LogP) is 0.0860. The molecule has 0 fully saturated rings. The number of benzene rings is 1. The molecule has 7 nitrogen and oxygen atoms in total. The number of nitrogens with one attached hydrogen (secondary N) is 1. The first-order valence-electron chi connectivity index (χ1n) is 5.12. The van der Waals surface area contributed by atoms with Crippen molar-refractivity contribution in [3.05, 3.63) is 29.0 Å². The van der Waals surface area contributed by atoms with Crippen LogP contribution in [-0.2, 0) is 19.6 Å². The number of amides is 1. The number of sulfonamides is 1. The summed E-state index contributed by atoms with van der Waals surface area (Å²) < 4.78 is 38.9. The number of primary amides is 1. The number of rotatable bonds is 6. The molecule has 0 spiro atoms. The van der Waals surface area contributed by atoms with E-state index in [1.165, 1.54) is 0 Å². The highest BCUT2D eigenvalue weighted by Gasteiger charge is 2.28. The van der Waals surface area contributed by atoms with E-state index in [-0.39, 0.29) is 5.02 Å². The van der Waals surface area contributed by atoms with Crippen molar-refractivity contribution in [3.63, 3.8) is 0 Å². The van der Waals surface area contributed by atoms with Crippen molar-refractivity contribution in [2.75, 3.05) is 0 Å². The Balaban J connectivity index is 3.09. The van der Waals surface area contributed by atoms with Crippen molar-refractivity contribution in [1.82, 2.24) is 4.72 Å². The smallest absolute Gasteiger partial charge is 0.322 e. The summed E-state index contributed by atoms with van der Waals surface area (Å²) in [5.41, 5.74) is 4.81. The summed E-state index contributed by atoms with van der Waals surface area (Å²) in [5, 5.41) is 8.78. The summed E-state index contributed by atoms with van der Waals surface area (Å²) in [6, 6.07) is 0.985. The first kappa shape index (κ1) is 16.3. The topological polar surface area (TPSA) is 127 Å². The van der Waals surface area contributed by atoms with E-state index in [9.17, 15) is 22.4 Å². The van der Waals surface area contributed by atoms with Crippen LogP contribution in [0.5, 0.6) is 0 Å². The Bertz CT molecular complexity index is 649. The van der Waals surface area contributed by atoms with Gasteiger partial charge >= 0.3 is 5.97 Å². The van der Waals surface area contributed by atoms with E-state index in [1.807, 2.05) is 0 Å². The van der Waals surface area contributed by atoms with Gasteiger partial charge in [-0.2, -0.15) is 4.72 Å². The van der Waals surface area contributed by atoms with Crippen molar-refractivity contribution in [1.29, 1.82) is 0 Å². The second-order valence-corrected chi connectivity index (χ2v) is 5.88.